The highest BCUT2D eigenvalue weighted by Gasteiger charge is 2.45. The van der Waals surface area contributed by atoms with Crippen LogP contribution in [0, 0.1) is 0 Å². The lowest BCUT2D eigenvalue weighted by atomic mass is 10.2. The smallest absolute Gasteiger partial charge is 0.224 e. The predicted molar refractivity (Wildman–Crippen MR) is 37.6 cm³/mol. The molecule has 0 aromatic carbocycles. The number of rotatable bonds is 1. The van der Waals surface area contributed by atoms with Crippen molar-refractivity contribution in [3.05, 3.63) is 0 Å². The molecule has 0 spiro atoms. The van der Waals surface area contributed by atoms with Crippen LogP contribution in [0.3, 0.4) is 0 Å². The van der Waals surface area contributed by atoms with E-state index in [1.165, 1.54) is 0 Å². The van der Waals surface area contributed by atoms with Gasteiger partial charge in [-0.25, -0.2) is 4.90 Å². The van der Waals surface area contributed by atoms with Crippen LogP contribution in [-0.2, 0) is 0 Å². The summed E-state index contributed by atoms with van der Waals surface area (Å²) in [6.45, 7) is 0.868. The van der Waals surface area contributed by atoms with E-state index in [0.29, 0.717) is 0 Å². The molecule has 1 heterocycles. The average Bonchev–Trinajstić information content (AvgIpc) is 2.15. The summed E-state index contributed by atoms with van der Waals surface area (Å²) in [6, 6.07) is 0. The van der Waals surface area contributed by atoms with E-state index in [9.17, 15) is 0 Å². The van der Waals surface area contributed by atoms with Gasteiger partial charge < -0.3 is 25.5 Å². The molecule has 1 rings (SSSR count). The molecule has 1 aliphatic heterocycles. The molecule has 72 valence electrons. The van der Waals surface area contributed by atoms with Crippen LogP contribution in [0.5, 0.6) is 0 Å². The molecule has 1 aliphatic rings. The number of β-amino-alcohol motifs (C(OH)–C–C–N with tert-alkyl or cyclic N) is 1. The molecule has 3 atom stereocenters. The molecular formula is C6H13NO5. The molecule has 0 radical (unpaired) electrons. The molecule has 0 saturated carbocycles. The van der Waals surface area contributed by atoms with Crippen LogP contribution in [0.15, 0.2) is 0 Å². The van der Waals surface area contributed by atoms with E-state index in [0.717, 1.165) is 11.8 Å². The second kappa shape index (κ2) is 2.91. The quantitative estimate of drug-likeness (QED) is 0.275. The van der Waals surface area contributed by atoms with Crippen molar-refractivity contribution in [3.8, 4) is 0 Å². The summed E-state index contributed by atoms with van der Waals surface area (Å²) < 4.78 is 0. The van der Waals surface area contributed by atoms with E-state index in [1.807, 2.05) is 0 Å². The zero-order chi connectivity index (χ0) is 9.52. The van der Waals surface area contributed by atoms with Crippen LogP contribution >= 0.6 is 0 Å². The summed E-state index contributed by atoms with van der Waals surface area (Å²) in [7, 11) is 0. The maximum absolute atomic E-state index is 9.16. The third kappa shape index (κ3) is 1.58. The second-order valence-corrected chi connectivity index (χ2v) is 3.09. The maximum Gasteiger partial charge on any atom is 0.224 e. The van der Waals surface area contributed by atoms with Gasteiger partial charge in [0.25, 0.3) is 0 Å². The molecule has 0 aromatic rings. The monoisotopic (exact) mass is 179 g/mol. The number of hydrogen-bond donors (Lipinski definition) is 5. The maximum atomic E-state index is 9.16. The van der Waals surface area contributed by atoms with Gasteiger partial charge in [0.05, 0.1) is 6.10 Å². The molecule has 0 aromatic heterocycles. The van der Waals surface area contributed by atoms with Crippen molar-refractivity contribution < 1.29 is 25.5 Å². The Hall–Kier alpha value is -0.240. The van der Waals surface area contributed by atoms with Crippen LogP contribution in [0.25, 0.3) is 0 Å². The van der Waals surface area contributed by atoms with E-state index in [4.69, 9.17) is 25.5 Å². The normalized spacial score (nSPS) is 39.0. The standard InChI is InChI=1S/C6H13NO5/c1-6(11,12)7-2-3(8)4(9)5(7)10/h3-5,8-12H,2H2,1H3. The Morgan fingerprint density at radius 2 is 1.75 bits per heavy atom. The first-order chi connectivity index (χ1) is 5.34. The minimum Gasteiger partial charge on any atom is -0.389 e. The topological polar surface area (TPSA) is 104 Å². The summed E-state index contributed by atoms with van der Waals surface area (Å²) in [6.07, 6.45) is -3.96. The third-order valence-electron chi connectivity index (χ3n) is 1.95. The minimum absolute atomic E-state index is 0.175. The summed E-state index contributed by atoms with van der Waals surface area (Å²) in [5.41, 5.74) is 0. The fraction of sp³-hybridized carbons (Fsp3) is 1.00. The Labute approximate surface area is 69.3 Å². The molecule has 1 saturated heterocycles. The first-order valence-corrected chi connectivity index (χ1v) is 3.59. The van der Waals surface area contributed by atoms with Gasteiger partial charge in [-0.2, -0.15) is 0 Å². The predicted octanol–water partition coefficient (Wildman–Crippen LogP) is -3.00. The summed E-state index contributed by atoms with van der Waals surface area (Å²) >= 11 is 0. The highest BCUT2D eigenvalue weighted by atomic mass is 16.5. The number of aliphatic hydroxyl groups is 5. The minimum atomic E-state index is -2.22. The van der Waals surface area contributed by atoms with Gasteiger partial charge in [0.1, 0.15) is 12.3 Å². The van der Waals surface area contributed by atoms with Gasteiger partial charge >= 0.3 is 0 Å². The molecule has 6 nitrogen and oxygen atoms in total. The van der Waals surface area contributed by atoms with Crippen molar-refractivity contribution in [1.82, 2.24) is 4.90 Å². The first kappa shape index (κ1) is 9.85. The Morgan fingerprint density at radius 3 is 1.92 bits per heavy atom. The zero-order valence-electron chi connectivity index (χ0n) is 6.62. The second-order valence-electron chi connectivity index (χ2n) is 3.09. The third-order valence-corrected chi connectivity index (χ3v) is 1.95. The Balaban J connectivity index is 2.71. The molecule has 12 heavy (non-hydrogen) atoms. The van der Waals surface area contributed by atoms with Crippen LogP contribution < -0.4 is 0 Å². The Kier molecular flexibility index (Phi) is 2.39. The zero-order valence-corrected chi connectivity index (χ0v) is 6.62. The van der Waals surface area contributed by atoms with Crippen molar-refractivity contribution in [2.75, 3.05) is 6.54 Å². The molecule has 1 fully saturated rings. The molecule has 0 amide bonds. The SMILES string of the molecule is CC(O)(O)N1CC(O)C(O)C1O. The molecule has 0 aliphatic carbocycles. The first-order valence-electron chi connectivity index (χ1n) is 3.59. The van der Waals surface area contributed by atoms with Gasteiger partial charge in [-0.1, -0.05) is 0 Å². The van der Waals surface area contributed by atoms with Crippen molar-refractivity contribution in [1.29, 1.82) is 0 Å². The molecule has 0 bridgehead atoms. The fourth-order valence-electron chi connectivity index (χ4n) is 1.22. The number of likely N-dealkylation sites (tertiary alicyclic amines) is 1. The summed E-state index contributed by atoms with van der Waals surface area (Å²) in [4.78, 5) is 0.794. The van der Waals surface area contributed by atoms with Crippen LogP contribution in [-0.4, -0.2) is 61.3 Å². The van der Waals surface area contributed by atoms with Crippen molar-refractivity contribution >= 4 is 0 Å². The average molecular weight is 179 g/mol. The van der Waals surface area contributed by atoms with Gasteiger partial charge in [0.2, 0.25) is 5.91 Å². The lowest BCUT2D eigenvalue weighted by Crippen LogP contribution is -2.50. The summed E-state index contributed by atoms with van der Waals surface area (Å²) in [5, 5.41) is 45.3. The van der Waals surface area contributed by atoms with Gasteiger partial charge in [-0.05, 0) is 0 Å². The molecule has 6 heteroatoms. The van der Waals surface area contributed by atoms with Crippen LogP contribution in [0.4, 0.5) is 0 Å². The van der Waals surface area contributed by atoms with Crippen molar-refractivity contribution in [2.45, 2.75) is 31.3 Å². The van der Waals surface area contributed by atoms with Crippen molar-refractivity contribution in [2.24, 2.45) is 0 Å². The fourth-order valence-corrected chi connectivity index (χ4v) is 1.22. The molecular weight excluding hydrogens is 166 g/mol. The van der Waals surface area contributed by atoms with Gasteiger partial charge in [0, 0.05) is 13.5 Å². The van der Waals surface area contributed by atoms with E-state index < -0.39 is 24.3 Å². The number of aliphatic hydroxyl groups excluding tert-OH is 3. The van der Waals surface area contributed by atoms with Gasteiger partial charge in [0.15, 0.2) is 0 Å². The summed E-state index contributed by atoms with van der Waals surface area (Å²) in [5.74, 6) is -2.22. The number of hydrogen-bond acceptors (Lipinski definition) is 6. The lowest BCUT2D eigenvalue weighted by molar-refractivity contribution is -0.281. The number of nitrogens with zero attached hydrogens (tertiary/aromatic N) is 1. The van der Waals surface area contributed by atoms with Gasteiger partial charge in [-0.15, -0.1) is 0 Å². The van der Waals surface area contributed by atoms with Crippen LogP contribution in [0.1, 0.15) is 6.92 Å². The highest BCUT2D eigenvalue weighted by Crippen LogP contribution is 2.22. The van der Waals surface area contributed by atoms with Crippen LogP contribution in [0.2, 0.25) is 0 Å². The molecule has 5 N–H and O–H groups in total. The largest absolute Gasteiger partial charge is 0.389 e. The van der Waals surface area contributed by atoms with E-state index in [-0.39, 0.29) is 6.54 Å². The van der Waals surface area contributed by atoms with Crippen molar-refractivity contribution in [3.63, 3.8) is 0 Å². The Morgan fingerprint density at radius 1 is 1.25 bits per heavy atom. The van der Waals surface area contributed by atoms with Gasteiger partial charge in [-0.3, -0.25) is 0 Å². The lowest BCUT2D eigenvalue weighted by Gasteiger charge is -2.30. The van der Waals surface area contributed by atoms with E-state index >= 15 is 0 Å². The Bertz CT molecular complexity index is 168. The molecule has 3 unspecified atom stereocenters. The van der Waals surface area contributed by atoms with E-state index in [2.05, 4.69) is 0 Å². The van der Waals surface area contributed by atoms with E-state index in [1.54, 1.807) is 0 Å². The highest BCUT2D eigenvalue weighted by molar-refractivity contribution is 4.88.